The summed E-state index contributed by atoms with van der Waals surface area (Å²) in [5, 5.41) is 3.14. The quantitative estimate of drug-likeness (QED) is 0.875. The minimum Gasteiger partial charge on any atom is -0.493 e. The van der Waals surface area contributed by atoms with Gasteiger partial charge in [0.15, 0.2) is 11.5 Å². The standard InChI is InChI=1S/C18H28N2O3/c1-20(18(21)19-15-7-5-4-6-8-15)12-11-14-9-10-16(22-2)17(13-14)23-3/h9-10,13,15H,4-8,11-12H2,1-3H3,(H,19,21). The summed E-state index contributed by atoms with van der Waals surface area (Å²) in [6, 6.07) is 6.24. The normalized spacial score (nSPS) is 15.1. The van der Waals surface area contributed by atoms with Crippen molar-refractivity contribution in [2.24, 2.45) is 0 Å². The van der Waals surface area contributed by atoms with Crippen LogP contribution in [0.2, 0.25) is 0 Å². The van der Waals surface area contributed by atoms with Gasteiger partial charge in [-0.15, -0.1) is 0 Å². The molecule has 0 atom stereocenters. The number of hydrogen-bond acceptors (Lipinski definition) is 3. The number of hydrogen-bond donors (Lipinski definition) is 1. The third kappa shape index (κ3) is 5.05. The number of rotatable bonds is 6. The molecule has 1 fully saturated rings. The minimum absolute atomic E-state index is 0.0253. The average Bonchev–Trinajstić information content (AvgIpc) is 2.60. The average molecular weight is 320 g/mol. The zero-order chi connectivity index (χ0) is 16.7. The highest BCUT2D eigenvalue weighted by Gasteiger charge is 2.17. The van der Waals surface area contributed by atoms with Crippen molar-refractivity contribution in [2.45, 2.75) is 44.6 Å². The van der Waals surface area contributed by atoms with Crippen LogP contribution in [0.5, 0.6) is 11.5 Å². The van der Waals surface area contributed by atoms with Gasteiger partial charge in [0.2, 0.25) is 0 Å². The van der Waals surface area contributed by atoms with Gasteiger partial charge in [0.05, 0.1) is 14.2 Å². The second-order valence-corrected chi connectivity index (χ2v) is 6.15. The van der Waals surface area contributed by atoms with E-state index in [2.05, 4.69) is 5.32 Å². The molecule has 0 aliphatic heterocycles. The van der Waals surface area contributed by atoms with E-state index in [-0.39, 0.29) is 6.03 Å². The predicted molar refractivity (Wildman–Crippen MR) is 91.3 cm³/mol. The van der Waals surface area contributed by atoms with E-state index in [4.69, 9.17) is 9.47 Å². The van der Waals surface area contributed by atoms with Crippen LogP contribution in [-0.4, -0.2) is 44.8 Å². The first kappa shape index (κ1) is 17.4. The van der Waals surface area contributed by atoms with Crippen molar-refractivity contribution in [3.05, 3.63) is 23.8 Å². The molecule has 1 saturated carbocycles. The summed E-state index contributed by atoms with van der Waals surface area (Å²) in [6.07, 6.45) is 6.74. The largest absolute Gasteiger partial charge is 0.493 e. The molecule has 0 spiro atoms. The Kier molecular flexibility index (Phi) is 6.56. The molecule has 2 amide bonds. The molecule has 0 aromatic heterocycles. The Labute approximate surface area is 139 Å². The van der Waals surface area contributed by atoms with E-state index in [0.29, 0.717) is 12.6 Å². The maximum Gasteiger partial charge on any atom is 0.317 e. The highest BCUT2D eigenvalue weighted by molar-refractivity contribution is 5.74. The van der Waals surface area contributed by atoms with Crippen LogP contribution in [-0.2, 0) is 6.42 Å². The highest BCUT2D eigenvalue weighted by atomic mass is 16.5. The smallest absolute Gasteiger partial charge is 0.317 e. The zero-order valence-corrected chi connectivity index (χ0v) is 14.4. The summed E-state index contributed by atoms with van der Waals surface area (Å²) < 4.78 is 10.6. The Morgan fingerprint density at radius 1 is 1.17 bits per heavy atom. The van der Waals surface area contributed by atoms with Crippen molar-refractivity contribution >= 4 is 6.03 Å². The Morgan fingerprint density at radius 3 is 2.52 bits per heavy atom. The van der Waals surface area contributed by atoms with Crippen molar-refractivity contribution in [3.8, 4) is 11.5 Å². The van der Waals surface area contributed by atoms with E-state index in [1.165, 1.54) is 19.3 Å². The van der Waals surface area contributed by atoms with E-state index in [0.717, 1.165) is 36.3 Å². The minimum atomic E-state index is 0.0253. The lowest BCUT2D eigenvalue weighted by molar-refractivity contribution is 0.201. The number of methoxy groups -OCH3 is 2. The van der Waals surface area contributed by atoms with Crippen LogP contribution < -0.4 is 14.8 Å². The van der Waals surface area contributed by atoms with Crippen LogP contribution in [0.1, 0.15) is 37.7 Å². The number of nitrogens with zero attached hydrogens (tertiary/aromatic N) is 1. The van der Waals surface area contributed by atoms with Gasteiger partial charge in [-0.2, -0.15) is 0 Å². The molecule has 1 aromatic carbocycles. The van der Waals surface area contributed by atoms with Crippen molar-refractivity contribution in [1.82, 2.24) is 10.2 Å². The number of carbonyl (C=O) groups is 1. The maximum absolute atomic E-state index is 12.2. The molecule has 0 heterocycles. The van der Waals surface area contributed by atoms with Gasteiger partial charge in [-0.1, -0.05) is 25.3 Å². The Bertz CT molecular complexity index is 513. The fraction of sp³-hybridized carbons (Fsp3) is 0.611. The van der Waals surface area contributed by atoms with Gasteiger partial charge in [-0.25, -0.2) is 4.79 Å². The lowest BCUT2D eigenvalue weighted by Gasteiger charge is -2.26. The number of ether oxygens (including phenoxy) is 2. The van der Waals surface area contributed by atoms with Gasteiger partial charge in [-0.3, -0.25) is 0 Å². The molecule has 1 N–H and O–H groups in total. The summed E-state index contributed by atoms with van der Waals surface area (Å²) in [6.45, 7) is 0.675. The summed E-state index contributed by atoms with van der Waals surface area (Å²) >= 11 is 0. The molecule has 1 aromatic rings. The molecule has 2 rings (SSSR count). The molecule has 0 radical (unpaired) electrons. The van der Waals surface area contributed by atoms with Gasteiger partial charge in [-0.05, 0) is 37.0 Å². The number of benzene rings is 1. The van der Waals surface area contributed by atoms with Crippen LogP contribution in [0.4, 0.5) is 4.79 Å². The predicted octanol–water partition coefficient (Wildman–Crippen LogP) is 3.22. The lowest BCUT2D eigenvalue weighted by atomic mass is 9.96. The van der Waals surface area contributed by atoms with Crippen LogP contribution in [0, 0.1) is 0 Å². The second-order valence-electron chi connectivity index (χ2n) is 6.15. The van der Waals surface area contributed by atoms with Crippen molar-refractivity contribution in [1.29, 1.82) is 0 Å². The molecule has 1 aliphatic carbocycles. The van der Waals surface area contributed by atoms with E-state index in [9.17, 15) is 4.79 Å². The van der Waals surface area contributed by atoms with Crippen molar-refractivity contribution in [2.75, 3.05) is 27.8 Å². The van der Waals surface area contributed by atoms with Crippen molar-refractivity contribution in [3.63, 3.8) is 0 Å². The summed E-state index contributed by atoms with van der Waals surface area (Å²) in [5.74, 6) is 1.44. The van der Waals surface area contributed by atoms with Gasteiger partial charge in [0, 0.05) is 19.6 Å². The van der Waals surface area contributed by atoms with Crippen molar-refractivity contribution < 1.29 is 14.3 Å². The Morgan fingerprint density at radius 2 is 1.87 bits per heavy atom. The van der Waals surface area contributed by atoms with Gasteiger partial charge in [0.25, 0.3) is 0 Å². The molecule has 0 unspecified atom stereocenters. The third-order valence-electron chi connectivity index (χ3n) is 4.46. The molecule has 1 aliphatic rings. The fourth-order valence-corrected chi connectivity index (χ4v) is 2.97. The van der Waals surface area contributed by atoms with E-state index in [1.54, 1.807) is 19.1 Å². The van der Waals surface area contributed by atoms with E-state index in [1.807, 2.05) is 25.2 Å². The number of nitrogens with one attached hydrogen (secondary N) is 1. The Balaban J connectivity index is 1.83. The first-order chi connectivity index (χ1) is 11.1. The van der Waals surface area contributed by atoms with Crippen LogP contribution >= 0.6 is 0 Å². The molecule has 5 heteroatoms. The van der Waals surface area contributed by atoms with Crippen LogP contribution in [0.15, 0.2) is 18.2 Å². The zero-order valence-electron chi connectivity index (χ0n) is 14.4. The number of urea groups is 1. The van der Waals surface area contributed by atoms with Crippen LogP contribution in [0.25, 0.3) is 0 Å². The first-order valence-corrected chi connectivity index (χ1v) is 8.36. The van der Waals surface area contributed by atoms with Gasteiger partial charge in [0.1, 0.15) is 0 Å². The Hall–Kier alpha value is -1.91. The molecule has 0 saturated heterocycles. The molecule has 5 nitrogen and oxygen atoms in total. The van der Waals surface area contributed by atoms with Crippen LogP contribution in [0.3, 0.4) is 0 Å². The SMILES string of the molecule is COc1ccc(CCN(C)C(=O)NC2CCCCC2)cc1OC. The summed E-state index contributed by atoms with van der Waals surface area (Å²) in [5.41, 5.74) is 1.12. The number of carbonyl (C=O) groups excluding carboxylic acids is 1. The summed E-state index contributed by atoms with van der Waals surface area (Å²) in [7, 11) is 5.10. The van der Waals surface area contributed by atoms with Gasteiger partial charge < -0.3 is 19.7 Å². The second kappa shape index (κ2) is 8.65. The summed E-state index contributed by atoms with van der Waals surface area (Å²) in [4.78, 5) is 14.0. The topological polar surface area (TPSA) is 50.8 Å². The van der Waals surface area contributed by atoms with E-state index >= 15 is 0 Å². The lowest BCUT2D eigenvalue weighted by Crippen LogP contribution is -2.44. The molecule has 0 bridgehead atoms. The van der Waals surface area contributed by atoms with Gasteiger partial charge >= 0.3 is 6.03 Å². The van der Waals surface area contributed by atoms with E-state index < -0.39 is 0 Å². The maximum atomic E-state index is 12.2. The fourth-order valence-electron chi connectivity index (χ4n) is 2.97. The molecule has 23 heavy (non-hydrogen) atoms. The number of amides is 2. The highest BCUT2D eigenvalue weighted by Crippen LogP contribution is 2.27. The molecule has 128 valence electrons. The molecular formula is C18H28N2O3. The third-order valence-corrected chi connectivity index (χ3v) is 4.46. The molecular weight excluding hydrogens is 292 g/mol. The monoisotopic (exact) mass is 320 g/mol. The first-order valence-electron chi connectivity index (χ1n) is 8.36. The number of likely N-dealkylation sites (N-methyl/N-ethyl adjacent to an activating group) is 1.